The largest absolute Gasteiger partial charge is 0.507 e. The number of carbonyl (C=O) groups excluding carboxylic acids is 4. The molecule has 2 heterocycles. The summed E-state index contributed by atoms with van der Waals surface area (Å²) in [6, 6.07) is 28.9. The van der Waals surface area contributed by atoms with E-state index in [4.69, 9.17) is 0 Å². The van der Waals surface area contributed by atoms with Gasteiger partial charge in [-0.05, 0) is 48.8 Å². The van der Waals surface area contributed by atoms with E-state index in [1.54, 1.807) is 60.7 Å². The average Bonchev–Trinajstić information content (AvgIpc) is 3.62. The SMILES string of the molecule is Cc1ccc(NN2C(=O)C3CC4C(=CCC5C(=O)N(c6cc([N+](=O)[O-])c(N(C)C)c([N+](=O)[O-])c6)C(=O)C54)C(c4ccc5ccccc5c4O)C3(c3ccccc3)C2=O)cc1. The standard InChI is InChI=1S/C45H38N6O9/c1-24-13-16-27(17-14-24)46-49-42(54)34-23-33-30(38(45(34,44(49)56)26-10-5-4-6-11-26)32-18-15-25-9-7-8-12-29(25)40(32)52)19-20-31-37(33)43(55)48(41(31)53)28-21-35(50(57)58)39(47(2)3)36(22-28)51(59)60/h4-19,21-22,31,33-34,37-38,46,52H,20,23H2,1-3H3. The minimum atomic E-state index is -1.64. The zero-order valence-electron chi connectivity index (χ0n) is 32.6. The summed E-state index contributed by atoms with van der Waals surface area (Å²) in [6.07, 6.45) is 1.80. The van der Waals surface area contributed by atoms with Crippen LogP contribution in [0.1, 0.15) is 35.4 Å². The van der Waals surface area contributed by atoms with Gasteiger partial charge in [-0.2, -0.15) is 5.01 Å². The van der Waals surface area contributed by atoms with Crippen LogP contribution in [-0.2, 0) is 24.6 Å². The Morgan fingerprint density at radius 1 is 0.800 bits per heavy atom. The Kier molecular flexibility index (Phi) is 8.80. The first kappa shape index (κ1) is 38.1. The molecule has 2 aliphatic heterocycles. The number of allylic oxidation sites excluding steroid dienone is 2. The van der Waals surface area contributed by atoms with Crippen LogP contribution >= 0.6 is 0 Å². The number of fused-ring (bicyclic) bond motifs is 5. The summed E-state index contributed by atoms with van der Waals surface area (Å²) in [4.78, 5) is 84.8. The monoisotopic (exact) mass is 806 g/mol. The number of nitro benzene ring substituents is 2. The molecule has 0 radical (unpaired) electrons. The smallest absolute Gasteiger partial charge is 0.301 e. The lowest BCUT2D eigenvalue weighted by Crippen LogP contribution is -2.53. The van der Waals surface area contributed by atoms with Gasteiger partial charge in [0.25, 0.3) is 11.8 Å². The highest BCUT2D eigenvalue weighted by Gasteiger charge is 2.70. The molecular formula is C45H38N6O9. The number of hydrogen-bond acceptors (Lipinski definition) is 11. The van der Waals surface area contributed by atoms with Crippen LogP contribution in [0.2, 0.25) is 0 Å². The van der Waals surface area contributed by atoms with Gasteiger partial charge in [0.1, 0.15) is 5.75 Å². The van der Waals surface area contributed by atoms with Crippen molar-refractivity contribution in [2.75, 3.05) is 29.3 Å². The van der Waals surface area contributed by atoms with Gasteiger partial charge in [-0.25, -0.2) is 4.90 Å². The first-order valence-electron chi connectivity index (χ1n) is 19.4. The van der Waals surface area contributed by atoms with Crippen molar-refractivity contribution in [1.82, 2.24) is 5.01 Å². The number of carbonyl (C=O) groups is 4. The fraction of sp³-hybridized carbons (Fsp3) is 0.244. The van der Waals surface area contributed by atoms with Crippen LogP contribution in [0.15, 0.2) is 115 Å². The minimum absolute atomic E-state index is 0.0192. The number of phenols is 1. The van der Waals surface area contributed by atoms with Crippen molar-refractivity contribution < 1.29 is 34.1 Å². The number of nitro groups is 2. The molecule has 1 saturated carbocycles. The van der Waals surface area contributed by atoms with Crippen molar-refractivity contribution in [3.63, 3.8) is 0 Å². The van der Waals surface area contributed by atoms with Crippen molar-refractivity contribution in [3.05, 3.63) is 152 Å². The first-order chi connectivity index (χ1) is 28.7. The maximum absolute atomic E-state index is 15.5. The van der Waals surface area contributed by atoms with Gasteiger partial charge >= 0.3 is 11.4 Å². The van der Waals surface area contributed by atoms with E-state index in [-0.39, 0.29) is 30.0 Å². The molecule has 6 unspecified atom stereocenters. The molecule has 0 bridgehead atoms. The third kappa shape index (κ3) is 5.41. The molecule has 302 valence electrons. The van der Waals surface area contributed by atoms with Crippen LogP contribution in [-0.4, -0.2) is 57.7 Å². The molecule has 15 nitrogen and oxygen atoms in total. The highest BCUT2D eigenvalue weighted by atomic mass is 16.6. The van der Waals surface area contributed by atoms with Crippen LogP contribution < -0.4 is 15.2 Å². The summed E-state index contributed by atoms with van der Waals surface area (Å²) in [5.74, 6) is -7.69. The highest BCUT2D eigenvalue weighted by molar-refractivity contribution is 6.23. The third-order valence-electron chi connectivity index (χ3n) is 12.8. The van der Waals surface area contributed by atoms with E-state index in [2.05, 4.69) is 5.43 Å². The number of aryl methyl sites for hydroxylation is 1. The van der Waals surface area contributed by atoms with E-state index in [1.165, 1.54) is 19.0 Å². The number of hydrazine groups is 1. The van der Waals surface area contributed by atoms with E-state index < -0.39 is 79.9 Å². The Hall–Kier alpha value is -7.42. The van der Waals surface area contributed by atoms with Crippen LogP contribution in [0.4, 0.5) is 28.4 Å². The van der Waals surface area contributed by atoms with E-state index >= 15 is 9.59 Å². The first-order valence-corrected chi connectivity index (χ1v) is 19.4. The maximum Gasteiger partial charge on any atom is 0.301 e. The summed E-state index contributed by atoms with van der Waals surface area (Å²) in [6.45, 7) is 1.91. The van der Waals surface area contributed by atoms with Crippen LogP contribution in [0, 0.1) is 50.8 Å². The lowest BCUT2D eigenvalue weighted by atomic mass is 9.49. The fourth-order valence-electron chi connectivity index (χ4n) is 10.3. The molecule has 6 atom stereocenters. The lowest BCUT2D eigenvalue weighted by Gasteiger charge is -2.50. The molecule has 2 N–H and O–H groups in total. The van der Waals surface area contributed by atoms with E-state index in [0.717, 1.165) is 33.0 Å². The zero-order valence-corrected chi connectivity index (χ0v) is 32.6. The van der Waals surface area contributed by atoms with Crippen molar-refractivity contribution in [3.8, 4) is 5.75 Å². The third-order valence-corrected chi connectivity index (χ3v) is 12.8. The van der Waals surface area contributed by atoms with Gasteiger partial charge in [-0.1, -0.05) is 96.1 Å². The summed E-state index contributed by atoms with van der Waals surface area (Å²) in [5.41, 5.74) is 2.40. The topological polar surface area (TPSA) is 197 Å². The number of hydrogen-bond donors (Lipinski definition) is 2. The Balaban J connectivity index is 1.24. The average molecular weight is 807 g/mol. The quantitative estimate of drug-likeness (QED) is 0.0714. The Bertz CT molecular complexity index is 2700. The molecule has 2 aliphatic carbocycles. The molecule has 9 rings (SSSR count). The number of amides is 4. The summed E-state index contributed by atoms with van der Waals surface area (Å²) in [7, 11) is 2.83. The van der Waals surface area contributed by atoms with Crippen molar-refractivity contribution in [1.29, 1.82) is 0 Å². The molecule has 3 fully saturated rings. The zero-order chi connectivity index (χ0) is 42.4. The molecule has 4 amide bonds. The van der Waals surface area contributed by atoms with Crippen LogP contribution in [0.25, 0.3) is 10.8 Å². The molecule has 0 aromatic heterocycles. The molecule has 5 aromatic rings. The predicted octanol–water partition coefficient (Wildman–Crippen LogP) is 6.93. The van der Waals surface area contributed by atoms with E-state index in [0.29, 0.717) is 27.8 Å². The maximum atomic E-state index is 15.5. The van der Waals surface area contributed by atoms with Gasteiger partial charge in [-0.15, -0.1) is 0 Å². The Morgan fingerprint density at radius 3 is 2.10 bits per heavy atom. The molecule has 15 heteroatoms. The van der Waals surface area contributed by atoms with Gasteiger partial charge in [0.05, 0.1) is 44.4 Å². The highest BCUT2D eigenvalue weighted by Crippen LogP contribution is 2.65. The van der Waals surface area contributed by atoms with Gasteiger partial charge in [0.2, 0.25) is 11.8 Å². The van der Waals surface area contributed by atoms with Gasteiger partial charge in [-0.3, -0.25) is 44.8 Å². The van der Waals surface area contributed by atoms with Crippen LogP contribution in [0.3, 0.4) is 0 Å². The van der Waals surface area contributed by atoms with Crippen molar-refractivity contribution in [2.24, 2.45) is 23.7 Å². The number of nitrogens with zero attached hydrogens (tertiary/aromatic N) is 5. The Morgan fingerprint density at radius 2 is 1.45 bits per heavy atom. The van der Waals surface area contributed by atoms with E-state index in [1.807, 2.05) is 43.3 Å². The second kappa shape index (κ2) is 13.9. The van der Waals surface area contributed by atoms with Gasteiger partial charge < -0.3 is 10.0 Å². The Labute approximate surface area is 342 Å². The molecule has 60 heavy (non-hydrogen) atoms. The molecule has 5 aromatic carbocycles. The lowest BCUT2D eigenvalue weighted by molar-refractivity contribution is -0.392. The number of rotatable bonds is 8. The number of anilines is 3. The van der Waals surface area contributed by atoms with Crippen molar-refractivity contribution >= 4 is 62.8 Å². The van der Waals surface area contributed by atoms with Gasteiger partial charge in [0.15, 0.2) is 5.69 Å². The summed E-state index contributed by atoms with van der Waals surface area (Å²) in [5, 5.41) is 39.1. The molecule has 2 saturated heterocycles. The van der Waals surface area contributed by atoms with Crippen LogP contribution in [0.5, 0.6) is 5.75 Å². The minimum Gasteiger partial charge on any atom is -0.507 e. The van der Waals surface area contributed by atoms with E-state index in [9.17, 15) is 34.9 Å². The predicted molar refractivity (Wildman–Crippen MR) is 221 cm³/mol. The van der Waals surface area contributed by atoms with Crippen molar-refractivity contribution in [2.45, 2.75) is 31.1 Å². The number of nitrogens with one attached hydrogen (secondary N) is 1. The van der Waals surface area contributed by atoms with Gasteiger partial charge in [0, 0.05) is 43.1 Å². The summed E-state index contributed by atoms with van der Waals surface area (Å²) >= 11 is 0. The summed E-state index contributed by atoms with van der Waals surface area (Å²) < 4.78 is 0. The second-order valence-corrected chi connectivity index (χ2v) is 16.1. The number of imide groups is 2. The number of aromatic hydroxyl groups is 1. The normalized spacial score (nSPS) is 24.5. The molecular weight excluding hydrogens is 769 g/mol. The number of benzene rings is 5. The molecule has 4 aliphatic rings. The second-order valence-electron chi connectivity index (χ2n) is 16.1. The number of phenolic OH excluding ortho intramolecular Hbond substituents is 1. The fourth-order valence-corrected chi connectivity index (χ4v) is 10.3. The molecule has 0 spiro atoms.